The summed E-state index contributed by atoms with van der Waals surface area (Å²) in [5.41, 5.74) is 3.93. The van der Waals surface area contributed by atoms with E-state index in [1.807, 2.05) is 0 Å². The van der Waals surface area contributed by atoms with Crippen LogP contribution in [0.1, 0.15) is 51.8 Å². The zero-order valence-electron chi connectivity index (χ0n) is 20.3. The summed E-state index contributed by atoms with van der Waals surface area (Å²) < 4.78 is 51.5. The summed E-state index contributed by atoms with van der Waals surface area (Å²) in [6.45, 7) is 7.99. The summed E-state index contributed by atoms with van der Waals surface area (Å²) in [7, 11) is 0. The van der Waals surface area contributed by atoms with Crippen LogP contribution in [0.5, 0.6) is 5.75 Å². The fourth-order valence-corrected chi connectivity index (χ4v) is 3.55. The van der Waals surface area contributed by atoms with E-state index in [4.69, 9.17) is 15.2 Å². The van der Waals surface area contributed by atoms with Crippen LogP contribution in [0.3, 0.4) is 0 Å². The van der Waals surface area contributed by atoms with Crippen LogP contribution in [0.25, 0.3) is 16.6 Å². The molecule has 1 atom stereocenters. The third-order valence-electron chi connectivity index (χ3n) is 5.13. The number of hydrogen-bond acceptors (Lipinski definition) is 6. The molecule has 1 unspecified atom stereocenters. The van der Waals surface area contributed by atoms with Gasteiger partial charge in [0.15, 0.2) is 0 Å². The number of nitrogens with zero attached hydrogens (tertiary/aromatic N) is 1. The van der Waals surface area contributed by atoms with Crippen molar-refractivity contribution in [3.8, 4) is 11.4 Å². The lowest BCUT2D eigenvalue weighted by Crippen LogP contribution is -2.34. The predicted octanol–water partition coefficient (Wildman–Crippen LogP) is 5.10. The Bertz CT molecular complexity index is 1370. The number of alkyl carbamates (subject to hydrolysis) is 1. The van der Waals surface area contributed by atoms with Crippen molar-refractivity contribution in [3.05, 3.63) is 63.9 Å². The van der Waals surface area contributed by atoms with Crippen LogP contribution in [-0.2, 0) is 15.7 Å². The highest BCUT2D eigenvalue weighted by Crippen LogP contribution is 2.35. The molecule has 0 radical (unpaired) electrons. The van der Waals surface area contributed by atoms with Crippen molar-refractivity contribution in [3.63, 3.8) is 0 Å². The number of amides is 1. The third-order valence-corrected chi connectivity index (χ3v) is 5.13. The second-order valence-electron chi connectivity index (χ2n) is 9.17. The second-order valence-corrected chi connectivity index (χ2v) is 9.17. The minimum atomic E-state index is -4.66. The molecule has 0 saturated carbocycles. The number of alkyl halides is 3. The Hall–Kier alpha value is -4.02. The van der Waals surface area contributed by atoms with Crippen molar-refractivity contribution < 1.29 is 32.2 Å². The van der Waals surface area contributed by atoms with Crippen molar-refractivity contribution in [2.24, 2.45) is 0 Å². The van der Waals surface area contributed by atoms with Crippen molar-refractivity contribution in [2.45, 2.75) is 52.4 Å². The average Bonchev–Trinajstić information content (AvgIpc) is 2.74. The molecular weight excluding hydrogens is 479 g/mol. The van der Waals surface area contributed by atoms with Gasteiger partial charge in [-0.3, -0.25) is 14.2 Å². The van der Waals surface area contributed by atoms with Gasteiger partial charge in [0.25, 0.3) is 0 Å². The minimum absolute atomic E-state index is 0.0999. The molecule has 0 bridgehead atoms. The van der Waals surface area contributed by atoms with Crippen LogP contribution >= 0.6 is 0 Å². The number of halogens is 3. The van der Waals surface area contributed by atoms with E-state index >= 15 is 0 Å². The number of anilines is 1. The summed E-state index contributed by atoms with van der Waals surface area (Å²) in [5.74, 6) is -1.30. The molecule has 3 rings (SSSR count). The number of esters is 1. The first kappa shape index (κ1) is 26.6. The SMILES string of the molecule is CC(=O)Oc1c(N)c2ccc(C(F)(F)F)cc2n(-c2ccc(C(C)NC(=O)OC(C)(C)C)cc2)c1=O. The van der Waals surface area contributed by atoms with Crippen LogP contribution in [0, 0.1) is 0 Å². The molecule has 192 valence electrons. The number of nitrogens with one attached hydrogen (secondary N) is 1. The van der Waals surface area contributed by atoms with E-state index in [0.717, 1.165) is 29.7 Å². The van der Waals surface area contributed by atoms with Gasteiger partial charge in [-0.1, -0.05) is 18.2 Å². The molecule has 0 spiro atoms. The van der Waals surface area contributed by atoms with Crippen molar-refractivity contribution in [2.75, 3.05) is 5.73 Å². The molecule has 1 aromatic heterocycles. The summed E-state index contributed by atoms with van der Waals surface area (Å²) in [6, 6.07) is 8.49. The van der Waals surface area contributed by atoms with E-state index in [1.165, 1.54) is 12.1 Å². The van der Waals surface area contributed by atoms with Gasteiger partial charge in [-0.15, -0.1) is 0 Å². The summed E-state index contributed by atoms with van der Waals surface area (Å²) in [4.78, 5) is 36.9. The number of rotatable bonds is 4. The number of nitrogens with two attached hydrogens (primary N) is 1. The number of ether oxygens (including phenoxy) is 2. The number of fused-ring (bicyclic) bond motifs is 1. The van der Waals surface area contributed by atoms with Crippen molar-refractivity contribution >= 4 is 28.7 Å². The highest BCUT2D eigenvalue weighted by atomic mass is 19.4. The van der Waals surface area contributed by atoms with E-state index in [2.05, 4.69) is 5.32 Å². The molecule has 0 aliphatic carbocycles. The van der Waals surface area contributed by atoms with Crippen LogP contribution in [0.4, 0.5) is 23.7 Å². The topological polar surface area (TPSA) is 113 Å². The van der Waals surface area contributed by atoms with Gasteiger partial charge >= 0.3 is 23.8 Å². The van der Waals surface area contributed by atoms with Crippen LogP contribution < -0.4 is 21.3 Å². The smallest absolute Gasteiger partial charge is 0.416 e. The van der Waals surface area contributed by atoms with Gasteiger partial charge in [-0.25, -0.2) is 4.79 Å². The maximum Gasteiger partial charge on any atom is 0.416 e. The number of carbonyl (C=O) groups is 2. The Kier molecular flexibility index (Phi) is 7.06. The molecule has 1 heterocycles. The largest absolute Gasteiger partial charge is 0.444 e. The zero-order chi connectivity index (χ0) is 27.0. The zero-order valence-corrected chi connectivity index (χ0v) is 20.3. The molecule has 0 aliphatic heterocycles. The Morgan fingerprint density at radius 3 is 2.19 bits per heavy atom. The number of carbonyl (C=O) groups excluding carboxylic acids is 2. The lowest BCUT2D eigenvalue weighted by Gasteiger charge is -2.22. The number of benzene rings is 2. The van der Waals surface area contributed by atoms with Crippen molar-refractivity contribution in [1.82, 2.24) is 9.88 Å². The second kappa shape index (κ2) is 9.56. The third kappa shape index (κ3) is 5.78. The monoisotopic (exact) mass is 505 g/mol. The van der Waals surface area contributed by atoms with E-state index in [-0.39, 0.29) is 22.3 Å². The normalized spacial score (nSPS) is 12.8. The van der Waals surface area contributed by atoms with E-state index in [1.54, 1.807) is 39.8 Å². The molecule has 36 heavy (non-hydrogen) atoms. The van der Waals surface area contributed by atoms with Gasteiger partial charge in [0.2, 0.25) is 5.75 Å². The molecule has 0 fully saturated rings. The maximum atomic E-state index is 13.4. The van der Waals surface area contributed by atoms with Crippen LogP contribution in [0.15, 0.2) is 47.3 Å². The van der Waals surface area contributed by atoms with Crippen molar-refractivity contribution in [1.29, 1.82) is 0 Å². The number of pyridine rings is 1. The molecule has 0 saturated heterocycles. The molecule has 3 aromatic rings. The molecule has 0 aliphatic rings. The average molecular weight is 505 g/mol. The van der Waals surface area contributed by atoms with Gasteiger partial charge in [-0.2, -0.15) is 13.2 Å². The quantitative estimate of drug-likeness (QED) is 0.477. The lowest BCUT2D eigenvalue weighted by molar-refractivity contribution is -0.137. The highest BCUT2D eigenvalue weighted by molar-refractivity contribution is 5.95. The van der Waals surface area contributed by atoms with E-state index < -0.39 is 46.8 Å². The molecule has 2 aromatic carbocycles. The van der Waals surface area contributed by atoms with Gasteiger partial charge in [-0.05, 0) is 57.5 Å². The first-order valence-corrected chi connectivity index (χ1v) is 10.9. The molecule has 11 heteroatoms. The van der Waals surface area contributed by atoms with Crippen LogP contribution in [-0.4, -0.2) is 22.2 Å². The number of hydrogen-bond donors (Lipinski definition) is 2. The Balaban J connectivity index is 2.12. The first-order valence-electron chi connectivity index (χ1n) is 10.9. The maximum absolute atomic E-state index is 13.4. The Morgan fingerprint density at radius 2 is 1.67 bits per heavy atom. The Morgan fingerprint density at radius 1 is 1.06 bits per heavy atom. The van der Waals surface area contributed by atoms with E-state index in [9.17, 15) is 27.6 Å². The van der Waals surface area contributed by atoms with Gasteiger partial charge in [0.05, 0.1) is 22.8 Å². The summed E-state index contributed by atoms with van der Waals surface area (Å²) in [6.07, 6.45) is -5.28. The molecule has 8 nitrogen and oxygen atoms in total. The fraction of sp³-hybridized carbons (Fsp3) is 0.320. The summed E-state index contributed by atoms with van der Waals surface area (Å²) >= 11 is 0. The minimum Gasteiger partial charge on any atom is -0.444 e. The molecule has 3 N–H and O–H groups in total. The Labute approximate surface area is 204 Å². The molecule has 1 amide bonds. The first-order chi connectivity index (χ1) is 16.6. The van der Waals surface area contributed by atoms with Gasteiger partial charge in [0.1, 0.15) is 5.60 Å². The van der Waals surface area contributed by atoms with Gasteiger partial charge < -0.3 is 20.5 Å². The predicted molar refractivity (Wildman–Crippen MR) is 128 cm³/mol. The summed E-state index contributed by atoms with van der Waals surface area (Å²) in [5, 5.41) is 2.79. The van der Waals surface area contributed by atoms with Crippen LogP contribution in [0.2, 0.25) is 0 Å². The van der Waals surface area contributed by atoms with Gasteiger partial charge in [0, 0.05) is 18.0 Å². The van der Waals surface area contributed by atoms with E-state index in [0.29, 0.717) is 5.56 Å². The number of nitrogen functional groups attached to an aromatic ring is 1. The molecular formula is C25H26F3N3O5. The number of aromatic nitrogens is 1. The lowest BCUT2D eigenvalue weighted by atomic mass is 10.1. The standard InChI is InChI=1S/C25H26F3N3O5/c1-13(30-23(34)36-24(3,4)5)15-6-9-17(10-7-15)31-19-12-16(25(26,27)28)8-11-18(19)20(29)21(22(31)33)35-14(2)32/h6-13H,29H2,1-5H3,(H,30,34). The fourth-order valence-electron chi connectivity index (χ4n) is 3.55. The highest BCUT2D eigenvalue weighted by Gasteiger charge is 2.31.